The fourth-order valence-corrected chi connectivity index (χ4v) is 3.99. The average Bonchev–Trinajstić information content (AvgIpc) is 3.02. The van der Waals surface area contributed by atoms with E-state index in [0.29, 0.717) is 18.3 Å². The van der Waals surface area contributed by atoms with Crippen molar-refractivity contribution in [3.8, 4) is 0 Å². The Hall–Kier alpha value is -2.04. The number of benzene rings is 1. The van der Waals surface area contributed by atoms with Gasteiger partial charge in [0.15, 0.2) is 0 Å². The van der Waals surface area contributed by atoms with Crippen molar-refractivity contribution < 1.29 is 9.59 Å². The summed E-state index contributed by atoms with van der Waals surface area (Å²) in [5.74, 6) is 1.15. The van der Waals surface area contributed by atoms with E-state index in [4.69, 9.17) is 0 Å². The van der Waals surface area contributed by atoms with Gasteiger partial charge < -0.3 is 15.5 Å². The smallest absolute Gasteiger partial charge is 0.255 e. The molecule has 0 aromatic heterocycles. The lowest BCUT2D eigenvalue weighted by molar-refractivity contribution is -0.124. The Morgan fingerprint density at radius 1 is 1.29 bits per heavy atom. The van der Waals surface area contributed by atoms with Crippen molar-refractivity contribution in [1.82, 2.24) is 10.2 Å². The standard InChI is InChI=1S/C19H27N3O2/c1-3-8-20-17-7-5-4-6-16(17)19(24)22(2)15-9-13-11-18(23)21-12-14(13)10-15/h4-7,13-15,20H,3,8-12H2,1-2H3,(H,21,23)/t13-,14+,15-/m1/s1. The molecule has 24 heavy (non-hydrogen) atoms. The molecule has 1 aliphatic heterocycles. The summed E-state index contributed by atoms with van der Waals surface area (Å²) >= 11 is 0. The summed E-state index contributed by atoms with van der Waals surface area (Å²) in [5.41, 5.74) is 1.64. The molecule has 1 aliphatic carbocycles. The third-order valence-electron chi connectivity index (χ3n) is 5.42. The van der Waals surface area contributed by atoms with Crippen molar-refractivity contribution in [2.24, 2.45) is 11.8 Å². The number of hydrogen-bond donors (Lipinski definition) is 2. The zero-order chi connectivity index (χ0) is 17.1. The van der Waals surface area contributed by atoms with E-state index in [1.807, 2.05) is 36.2 Å². The Morgan fingerprint density at radius 3 is 2.83 bits per heavy atom. The highest BCUT2D eigenvalue weighted by Gasteiger charge is 2.40. The van der Waals surface area contributed by atoms with Crippen molar-refractivity contribution in [3.05, 3.63) is 29.8 Å². The van der Waals surface area contributed by atoms with Gasteiger partial charge in [-0.2, -0.15) is 0 Å². The lowest BCUT2D eigenvalue weighted by Gasteiger charge is -2.26. The molecular weight excluding hydrogens is 302 g/mol. The molecule has 0 radical (unpaired) electrons. The van der Waals surface area contributed by atoms with Crippen molar-refractivity contribution in [1.29, 1.82) is 0 Å². The van der Waals surface area contributed by atoms with Gasteiger partial charge in [0, 0.05) is 38.3 Å². The summed E-state index contributed by atoms with van der Waals surface area (Å²) in [5, 5.41) is 6.30. The minimum Gasteiger partial charge on any atom is -0.384 e. The van der Waals surface area contributed by atoms with E-state index in [2.05, 4.69) is 17.6 Å². The minimum atomic E-state index is 0.0668. The van der Waals surface area contributed by atoms with Crippen molar-refractivity contribution in [2.45, 2.75) is 38.6 Å². The van der Waals surface area contributed by atoms with Crippen LogP contribution in [0.2, 0.25) is 0 Å². The normalized spacial score (nSPS) is 25.8. The number of carbonyl (C=O) groups is 2. The van der Waals surface area contributed by atoms with E-state index in [1.165, 1.54) is 0 Å². The number of para-hydroxylation sites is 1. The molecule has 0 unspecified atom stereocenters. The fraction of sp³-hybridized carbons (Fsp3) is 0.579. The van der Waals surface area contributed by atoms with Crippen LogP contribution in [-0.2, 0) is 4.79 Å². The molecule has 2 fully saturated rings. The van der Waals surface area contributed by atoms with Gasteiger partial charge in [-0.15, -0.1) is 0 Å². The first kappa shape index (κ1) is 16.8. The zero-order valence-corrected chi connectivity index (χ0v) is 14.5. The number of piperidine rings is 1. The summed E-state index contributed by atoms with van der Waals surface area (Å²) in [4.78, 5) is 26.5. The first-order chi connectivity index (χ1) is 11.6. The molecule has 1 saturated heterocycles. The van der Waals surface area contributed by atoms with E-state index in [1.54, 1.807) is 0 Å². The second-order valence-electron chi connectivity index (χ2n) is 7.04. The molecule has 2 N–H and O–H groups in total. The lowest BCUT2D eigenvalue weighted by Crippen LogP contribution is -2.38. The van der Waals surface area contributed by atoms with E-state index in [0.717, 1.165) is 43.6 Å². The van der Waals surface area contributed by atoms with Gasteiger partial charge in [-0.3, -0.25) is 9.59 Å². The highest BCUT2D eigenvalue weighted by atomic mass is 16.2. The van der Waals surface area contributed by atoms with E-state index >= 15 is 0 Å². The van der Waals surface area contributed by atoms with Crippen LogP contribution in [0.25, 0.3) is 0 Å². The molecular formula is C19H27N3O2. The maximum absolute atomic E-state index is 13.0. The number of nitrogens with one attached hydrogen (secondary N) is 2. The Bertz CT molecular complexity index is 616. The second kappa shape index (κ2) is 7.24. The lowest BCUT2D eigenvalue weighted by atomic mass is 9.89. The Balaban J connectivity index is 1.70. The maximum Gasteiger partial charge on any atom is 0.255 e. The maximum atomic E-state index is 13.0. The van der Waals surface area contributed by atoms with E-state index in [9.17, 15) is 9.59 Å². The highest BCUT2D eigenvalue weighted by Crippen LogP contribution is 2.38. The third-order valence-corrected chi connectivity index (χ3v) is 5.42. The molecule has 3 rings (SSSR count). The summed E-state index contributed by atoms with van der Waals surface area (Å²) in [6, 6.07) is 7.95. The topological polar surface area (TPSA) is 61.4 Å². The molecule has 2 aliphatic rings. The van der Waals surface area contributed by atoms with Crippen molar-refractivity contribution >= 4 is 17.5 Å². The first-order valence-corrected chi connectivity index (χ1v) is 8.97. The number of carbonyl (C=O) groups excluding carboxylic acids is 2. The molecule has 1 saturated carbocycles. The number of anilines is 1. The molecule has 2 amide bonds. The van der Waals surface area contributed by atoms with Crippen LogP contribution in [0, 0.1) is 11.8 Å². The average molecular weight is 329 g/mol. The highest BCUT2D eigenvalue weighted by molar-refractivity contribution is 5.99. The molecule has 130 valence electrons. The van der Waals surface area contributed by atoms with Crippen LogP contribution in [0.3, 0.4) is 0 Å². The third kappa shape index (κ3) is 3.40. The second-order valence-corrected chi connectivity index (χ2v) is 7.04. The molecule has 5 nitrogen and oxygen atoms in total. The summed E-state index contributed by atoms with van der Waals surface area (Å²) < 4.78 is 0. The SMILES string of the molecule is CCCNc1ccccc1C(=O)N(C)[C@H]1C[C@H]2CNC(=O)C[C@H]2C1. The van der Waals surface area contributed by atoms with Gasteiger partial charge in [-0.05, 0) is 43.2 Å². The monoisotopic (exact) mass is 329 g/mol. The largest absolute Gasteiger partial charge is 0.384 e. The summed E-state index contributed by atoms with van der Waals surface area (Å²) in [7, 11) is 1.90. The van der Waals surface area contributed by atoms with Crippen LogP contribution >= 0.6 is 0 Å². The molecule has 1 aromatic rings. The van der Waals surface area contributed by atoms with Crippen LogP contribution in [0.5, 0.6) is 0 Å². The number of rotatable bonds is 5. The Kier molecular flexibility index (Phi) is 5.07. The predicted octanol–water partition coefficient (Wildman–Crippen LogP) is 2.50. The number of fused-ring (bicyclic) bond motifs is 1. The van der Waals surface area contributed by atoms with Crippen LogP contribution in [0.4, 0.5) is 5.69 Å². The van der Waals surface area contributed by atoms with Crippen molar-refractivity contribution in [2.75, 3.05) is 25.5 Å². The minimum absolute atomic E-state index is 0.0668. The van der Waals surface area contributed by atoms with Gasteiger partial charge in [0.05, 0.1) is 5.56 Å². The molecule has 1 aromatic carbocycles. The molecule has 1 heterocycles. The van der Waals surface area contributed by atoms with Crippen LogP contribution in [0.15, 0.2) is 24.3 Å². The zero-order valence-electron chi connectivity index (χ0n) is 14.5. The molecule has 5 heteroatoms. The van der Waals surface area contributed by atoms with Gasteiger partial charge in [-0.1, -0.05) is 19.1 Å². The predicted molar refractivity (Wildman–Crippen MR) is 94.9 cm³/mol. The van der Waals surface area contributed by atoms with E-state index in [-0.39, 0.29) is 17.9 Å². The number of nitrogens with zero attached hydrogens (tertiary/aromatic N) is 1. The van der Waals surface area contributed by atoms with E-state index < -0.39 is 0 Å². The quantitative estimate of drug-likeness (QED) is 0.872. The fourth-order valence-electron chi connectivity index (χ4n) is 3.99. The van der Waals surface area contributed by atoms with Crippen molar-refractivity contribution in [3.63, 3.8) is 0 Å². The Morgan fingerprint density at radius 2 is 2.04 bits per heavy atom. The summed E-state index contributed by atoms with van der Waals surface area (Å²) in [6.07, 6.45) is 3.55. The number of hydrogen-bond acceptors (Lipinski definition) is 3. The molecule has 0 spiro atoms. The number of amides is 2. The van der Waals surface area contributed by atoms with Crippen LogP contribution in [0.1, 0.15) is 43.0 Å². The molecule has 0 bridgehead atoms. The van der Waals surface area contributed by atoms with Crippen LogP contribution < -0.4 is 10.6 Å². The van der Waals surface area contributed by atoms with Crippen LogP contribution in [-0.4, -0.2) is 42.9 Å². The van der Waals surface area contributed by atoms with Gasteiger partial charge in [-0.25, -0.2) is 0 Å². The van der Waals surface area contributed by atoms with Gasteiger partial charge in [0.1, 0.15) is 0 Å². The van der Waals surface area contributed by atoms with Gasteiger partial charge in [0.2, 0.25) is 5.91 Å². The van der Waals surface area contributed by atoms with Gasteiger partial charge >= 0.3 is 0 Å². The molecule has 3 atom stereocenters. The summed E-state index contributed by atoms with van der Waals surface area (Å²) in [6.45, 7) is 3.73. The Labute approximate surface area is 143 Å². The van der Waals surface area contributed by atoms with Gasteiger partial charge in [0.25, 0.3) is 5.91 Å². The first-order valence-electron chi connectivity index (χ1n) is 8.97.